The molecule has 0 aliphatic carbocycles. The van der Waals surface area contributed by atoms with E-state index in [1.807, 2.05) is 33.8 Å². The van der Waals surface area contributed by atoms with Gasteiger partial charge in [-0.05, 0) is 18.6 Å². The highest BCUT2D eigenvalue weighted by molar-refractivity contribution is 7.18. The molecule has 2 N–H and O–H groups in total. The SMILES string of the molecule is CNC(=O)c1sc(NC(=O)C(C)(C)C)cc1C. The quantitative estimate of drug-likeness (QED) is 0.851. The second-order valence-electron chi connectivity index (χ2n) is 4.91. The molecule has 0 atom stereocenters. The van der Waals surface area contributed by atoms with Gasteiger partial charge >= 0.3 is 0 Å². The van der Waals surface area contributed by atoms with Crippen molar-refractivity contribution in [3.05, 3.63) is 16.5 Å². The largest absolute Gasteiger partial charge is 0.354 e. The number of thiophene rings is 1. The average Bonchev–Trinajstić information content (AvgIpc) is 2.57. The van der Waals surface area contributed by atoms with Crippen molar-refractivity contribution in [3.8, 4) is 0 Å². The minimum atomic E-state index is -0.439. The Labute approximate surface area is 105 Å². The van der Waals surface area contributed by atoms with Crippen molar-refractivity contribution in [2.45, 2.75) is 27.7 Å². The first kappa shape index (κ1) is 13.7. The number of carbonyl (C=O) groups excluding carboxylic acids is 2. The molecule has 0 fully saturated rings. The van der Waals surface area contributed by atoms with E-state index >= 15 is 0 Å². The van der Waals surface area contributed by atoms with Gasteiger partial charge in [0.05, 0.1) is 9.88 Å². The molecule has 0 aliphatic rings. The number of nitrogens with one attached hydrogen (secondary N) is 2. The van der Waals surface area contributed by atoms with Crippen molar-refractivity contribution >= 4 is 28.2 Å². The highest BCUT2D eigenvalue weighted by Crippen LogP contribution is 2.28. The van der Waals surface area contributed by atoms with Crippen molar-refractivity contribution in [1.82, 2.24) is 5.32 Å². The summed E-state index contributed by atoms with van der Waals surface area (Å²) in [5, 5.41) is 6.11. The zero-order valence-corrected chi connectivity index (χ0v) is 11.6. The normalized spacial score (nSPS) is 11.1. The van der Waals surface area contributed by atoms with Crippen LogP contribution >= 0.6 is 11.3 Å². The zero-order chi connectivity index (χ0) is 13.2. The van der Waals surface area contributed by atoms with Gasteiger partial charge < -0.3 is 10.6 Å². The lowest BCUT2D eigenvalue weighted by molar-refractivity contribution is -0.123. The number of hydrogen-bond acceptors (Lipinski definition) is 3. The molecule has 2 amide bonds. The van der Waals surface area contributed by atoms with Gasteiger partial charge in [0.2, 0.25) is 5.91 Å². The Kier molecular flexibility index (Phi) is 3.93. The van der Waals surface area contributed by atoms with Crippen LogP contribution in [0.5, 0.6) is 0 Å². The Morgan fingerprint density at radius 2 is 1.88 bits per heavy atom. The van der Waals surface area contributed by atoms with E-state index in [1.54, 1.807) is 7.05 Å². The van der Waals surface area contributed by atoms with Crippen LogP contribution in [0.2, 0.25) is 0 Å². The second-order valence-corrected chi connectivity index (χ2v) is 5.96. The third-order valence-corrected chi connectivity index (χ3v) is 3.42. The molecule has 1 rings (SSSR count). The van der Waals surface area contributed by atoms with Crippen LogP contribution in [0.15, 0.2) is 6.07 Å². The van der Waals surface area contributed by atoms with E-state index in [0.29, 0.717) is 9.88 Å². The summed E-state index contributed by atoms with van der Waals surface area (Å²) in [7, 11) is 1.59. The summed E-state index contributed by atoms with van der Waals surface area (Å²) in [6.07, 6.45) is 0. The number of rotatable bonds is 2. The molecule has 94 valence electrons. The summed E-state index contributed by atoms with van der Waals surface area (Å²) in [6.45, 7) is 7.40. The Hall–Kier alpha value is -1.36. The standard InChI is InChI=1S/C12H18N2O2S/c1-7-6-8(14-11(16)12(2,3)4)17-9(7)10(15)13-5/h6H,1-5H3,(H,13,15)(H,14,16). The second kappa shape index (κ2) is 4.87. The predicted octanol–water partition coefficient (Wildman–Crippen LogP) is 2.40. The lowest BCUT2D eigenvalue weighted by Gasteiger charge is -2.16. The van der Waals surface area contributed by atoms with Crippen LogP contribution in [-0.2, 0) is 4.79 Å². The maximum Gasteiger partial charge on any atom is 0.261 e. The van der Waals surface area contributed by atoms with Gasteiger partial charge in [-0.1, -0.05) is 20.8 Å². The van der Waals surface area contributed by atoms with Gasteiger partial charge in [0, 0.05) is 12.5 Å². The van der Waals surface area contributed by atoms with Crippen LogP contribution in [-0.4, -0.2) is 18.9 Å². The van der Waals surface area contributed by atoms with Crippen molar-refractivity contribution < 1.29 is 9.59 Å². The summed E-state index contributed by atoms with van der Waals surface area (Å²) >= 11 is 1.29. The van der Waals surface area contributed by atoms with E-state index in [9.17, 15) is 9.59 Å². The molecule has 17 heavy (non-hydrogen) atoms. The summed E-state index contributed by atoms with van der Waals surface area (Å²) in [5.74, 6) is -0.175. The third kappa shape index (κ3) is 3.30. The van der Waals surface area contributed by atoms with Gasteiger partial charge in [-0.25, -0.2) is 0 Å². The van der Waals surface area contributed by atoms with Crippen molar-refractivity contribution in [2.24, 2.45) is 5.41 Å². The monoisotopic (exact) mass is 254 g/mol. The van der Waals surface area contributed by atoms with E-state index in [4.69, 9.17) is 0 Å². The van der Waals surface area contributed by atoms with E-state index in [-0.39, 0.29) is 11.8 Å². The molecule has 0 saturated heterocycles. The van der Waals surface area contributed by atoms with Gasteiger partial charge in [0.15, 0.2) is 0 Å². The van der Waals surface area contributed by atoms with Gasteiger partial charge in [0.1, 0.15) is 0 Å². The van der Waals surface area contributed by atoms with E-state index in [2.05, 4.69) is 10.6 Å². The fraction of sp³-hybridized carbons (Fsp3) is 0.500. The molecule has 1 aromatic heterocycles. The molecule has 4 nitrogen and oxygen atoms in total. The fourth-order valence-electron chi connectivity index (χ4n) is 1.18. The first-order valence-corrected chi connectivity index (χ1v) is 6.21. The Morgan fingerprint density at radius 1 is 1.29 bits per heavy atom. The molecule has 1 aromatic rings. The first-order valence-electron chi connectivity index (χ1n) is 5.39. The highest BCUT2D eigenvalue weighted by Gasteiger charge is 2.22. The highest BCUT2D eigenvalue weighted by atomic mass is 32.1. The van der Waals surface area contributed by atoms with Crippen molar-refractivity contribution in [2.75, 3.05) is 12.4 Å². The van der Waals surface area contributed by atoms with Crippen LogP contribution < -0.4 is 10.6 Å². The van der Waals surface area contributed by atoms with Crippen LogP contribution in [0.3, 0.4) is 0 Å². The molecule has 0 saturated carbocycles. The van der Waals surface area contributed by atoms with Gasteiger partial charge in [-0.15, -0.1) is 11.3 Å². The van der Waals surface area contributed by atoms with E-state index in [0.717, 1.165) is 5.56 Å². The van der Waals surface area contributed by atoms with Gasteiger partial charge in [0.25, 0.3) is 5.91 Å². The molecule has 0 aliphatic heterocycles. The molecule has 5 heteroatoms. The number of aryl methyl sites for hydroxylation is 1. The van der Waals surface area contributed by atoms with Crippen molar-refractivity contribution in [1.29, 1.82) is 0 Å². The number of anilines is 1. The molecule has 0 unspecified atom stereocenters. The topological polar surface area (TPSA) is 58.2 Å². The fourth-order valence-corrected chi connectivity index (χ4v) is 2.20. The Balaban J connectivity index is 2.88. The van der Waals surface area contributed by atoms with Crippen LogP contribution in [0.25, 0.3) is 0 Å². The minimum absolute atomic E-state index is 0.0535. The van der Waals surface area contributed by atoms with Gasteiger partial charge in [-0.2, -0.15) is 0 Å². The molecule has 0 spiro atoms. The molecule has 0 aromatic carbocycles. The summed E-state index contributed by atoms with van der Waals surface area (Å²) in [4.78, 5) is 23.9. The molecule has 1 heterocycles. The molecule has 0 bridgehead atoms. The lowest BCUT2D eigenvalue weighted by atomic mass is 9.96. The number of carbonyl (C=O) groups is 2. The predicted molar refractivity (Wildman–Crippen MR) is 70.5 cm³/mol. The van der Waals surface area contributed by atoms with Gasteiger partial charge in [-0.3, -0.25) is 9.59 Å². The zero-order valence-electron chi connectivity index (χ0n) is 10.8. The summed E-state index contributed by atoms with van der Waals surface area (Å²) in [6, 6.07) is 1.82. The van der Waals surface area contributed by atoms with Crippen LogP contribution in [0, 0.1) is 12.3 Å². The van der Waals surface area contributed by atoms with E-state index < -0.39 is 5.41 Å². The first-order chi connectivity index (χ1) is 7.75. The van der Waals surface area contributed by atoms with Crippen molar-refractivity contribution in [3.63, 3.8) is 0 Å². The number of amides is 2. The summed E-state index contributed by atoms with van der Waals surface area (Å²) < 4.78 is 0. The maximum absolute atomic E-state index is 11.8. The summed E-state index contributed by atoms with van der Waals surface area (Å²) in [5.41, 5.74) is 0.434. The molecular formula is C12H18N2O2S. The molecular weight excluding hydrogens is 236 g/mol. The Bertz CT molecular complexity index is 444. The molecule has 0 radical (unpaired) electrons. The number of hydrogen-bond donors (Lipinski definition) is 2. The Morgan fingerprint density at radius 3 is 2.35 bits per heavy atom. The maximum atomic E-state index is 11.8. The van der Waals surface area contributed by atoms with E-state index in [1.165, 1.54) is 11.3 Å². The third-order valence-electron chi connectivity index (χ3n) is 2.27. The van der Waals surface area contributed by atoms with Crippen LogP contribution in [0.4, 0.5) is 5.00 Å². The smallest absolute Gasteiger partial charge is 0.261 e. The minimum Gasteiger partial charge on any atom is -0.354 e. The average molecular weight is 254 g/mol. The lowest BCUT2D eigenvalue weighted by Crippen LogP contribution is -2.27. The van der Waals surface area contributed by atoms with Crippen LogP contribution in [0.1, 0.15) is 36.0 Å².